The molecule has 1 aliphatic heterocycles. The molecule has 0 radical (unpaired) electrons. The van der Waals surface area contributed by atoms with Gasteiger partial charge in [0.1, 0.15) is 5.82 Å². The predicted molar refractivity (Wildman–Crippen MR) is 74.7 cm³/mol. The van der Waals surface area contributed by atoms with E-state index in [0.29, 0.717) is 24.0 Å². The number of morpholine rings is 1. The van der Waals surface area contributed by atoms with Gasteiger partial charge < -0.3 is 20.3 Å². The molecule has 1 aromatic carbocycles. The lowest BCUT2D eigenvalue weighted by Gasteiger charge is -2.30. The zero-order valence-corrected chi connectivity index (χ0v) is 11.0. The first-order chi connectivity index (χ1) is 8.70. The molecule has 0 spiro atoms. The van der Waals surface area contributed by atoms with Crippen molar-refractivity contribution < 1.29 is 9.13 Å². The third-order valence-electron chi connectivity index (χ3n) is 2.79. The van der Waals surface area contributed by atoms with Crippen molar-refractivity contribution in [1.82, 2.24) is 5.32 Å². The van der Waals surface area contributed by atoms with Gasteiger partial charge in [-0.25, -0.2) is 4.39 Å². The maximum absolute atomic E-state index is 13.3. The summed E-state index contributed by atoms with van der Waals surface area (Å²) in [5.74, 6) is -0.284. The van der Waals surface area contributed by atoms with Crippen LogP contribution < -0.4 is 15.5 Å². The van der Waals surface area contributed by atoms with Crippen LogP contribution in [-0.2, 0) is 4.74 Å². The van der Waals surface area contributed by atoms with Crippen LogP contribution in [0.15, 0.2) is 18.2 Å². The number of anilines is 2. The van der Waals surface area contributed by atoms with Crippen LogP contribution in [0, 0.1) is 5.82 Å². The van der Waals surface area contributed by atoms with E-state index in [1.807, 2.05) is 0 Å². The van der Waals surface area contributed by atoms with E-state index in [-0.39, 0.29) is 5.82 Å². The minimum Gasteiger partial charge on any atom is -0.378 e. The highest BCUT2D eigenvalue weighted by atomic mass is 32.1. The summed E-state index contributed by atoms with van der Waals surface area (Å²) >= 11 is 5.05. The van der Waals surface area contributed by atoms with E-state index >= 15 is 0 Å². The van der Waals surface area contributed by atoms with Gasteiger partial charge >= 0.3 is 0 Å². The van der Waals surface area contributed by atoms with Crippen molar-refractivity contribution >= 4 is 28.7 Å². The van der Waals surface area contributed by atoms with Gasteiger partial charge in [0.25, 0.3) is 0 Å². The summed E-state index contributed by atoms with van der Waals surface area (Å²) in [4.78, 5) is 2.16. The molecule has 2 rings (SSSR count). The van der Waals surface area contributed by atoms with E-state index in [2.05, 4.69) is 15.5 Å². The molecule has 0 saturated carbocycles. The van der Waals surface area contributed by atoms with Gasteiger partial charge in [0.05, 0.1) is 24.6 Å². The van der Waals surface area contributed by atoms with Crippen molar-refractivity contribution in [2.24, 2.45) is 0 Å². The van der Waals surface area contributed by atoms with Crippen molar-refractivity contribution in [3.05, 3.63) is 24.0 Å². The first-order valence-corrected chi connectivity index (χ1v) is 6.22. The number of thiocarbonyl (C=S) groups is 1. The Labute approximate surface area is 111 Å². The van der Waals surface area contributed by atoms with E-state index < -0.39 is 0 Å². The molecular formula is C12H16FN3OS. The Hall–Kier alpha value is -1.40. The van der Waals surface area contributed by atoms with Crippen molar-refractivity contribution in [1.29, 1.82) is 0 Å². The molecule has 0 amide bonds. The van der Waals surface area contributed by atoms with Gasteiger partial charge in [0, 0.05) is 20.1 Å². The van der Waals surface area contributed by atoms with Crippen molar-refractivity contribution in [2.75, 3.05) is 43.6 Å². The second kappa shape index (κ2) is 5.97. The number of benzene rings is 1. The van der Waals surface area contributed by atoms with Gasteiger partial charge in [-0.15, -0.1) is 0 Å². The zero-order chi connectivity index (χ0) is 13.0. The molecule has 1 aromatic rings. The average Bonchev–Trinajstić information content (AvgIpc) is 2.40. The van der Waals surface area contributed by atoms with Crippen LogP contribution in [0.2, 0.25) is 0 Å². The van der Waals surface area contributed by atoms with Crippen LogP contribution in [0.3, 0.4) is 0 Å². The Kier molecular flexibility index (Phi) is 4.33. The highest BCUT2D eigenvalue weighted by Crippen LogP contribution is 2.27. The van der Waals surface area contributed by atoms with E-state index in [0.717, 1.165) is 18.8 Å². The smallest absolute Gasteiger partial charge is 0.170 e. The molecule has 0 aliphatic carbocycles. The zero-order valence-electron chi connectivity index (χ0n) is 10.2. The van der Waals surface area contributed by atoms with E-state index in [9.17, 15) is 4.39 Å². The van der Waals surface area contributed by atoms with Gasteiger partial charge in [-0.3, -0.25) is 0 Å². The third-order valence-corrected chi connectivity index (χ3v) is 3.09. The van der Waals surface area contributed by atoms with Crippen LogP contribution in [0.25, 0.3) is 0 Å². The minimum atomic E-state index is -0.284. The molecule has 2 N–H and O–H groups in total. The Morgan fingerprint density at radius 1 is 1.39 bits per heavy atom. The number of hydrogen-bond acceptors (Lipinski definition) is 3. The SMILES string of the molecule is CNC(=S)Nc1cc(F)ccc1N1CCOCC1. The lowest BCUT2D eigenvalue weighted by Crippen LogP contribution is -2.37. The van der Waals surface area contributed by atoms with Crippen LogP contribution in [0.5, 0.6) is 0 Å². The summed E-state index contributed by atoms with van der Waals surface area (Å²) in [5.41, 5.74) is 1.62. The number of hydrogen-bond donors (Lipinski definition) is 2. The molecule has 0 unspecified atom stereocenters. The van der Waals surface area contributed by atoms with Gasteiger partial charge in [0.2, 0.25) is 0 Å². The van der Waals surface area contributed by atoms with Crippen molar-refractivity contribution in [2.45, 2.75) is 0 Å². The van der Waals surface area contributed by atoms with Gasteiger partial charge in [-0.2, -0.15) is 0 Å². The summed E-state index contributed by atoms with van der Waals surface area (Å²) in [6, 6.07) is 4.67. The predicted octanol–water partition coefficient (Wildman–Crippen LogP) is 1.58. The molecule has 0 bridgehead atoms. The molecule has 1 saturated heterocycles. The molecule has 6 heteroatoms. The second-order valence-corrected chi connectivity index (χ2v) is 4.37. The summed E-state index contributed by atoms with van der Waals surface area (Å²) < 4.78 is 18.6. The molecular weight excluding hydrogens is 253 g/mol. The minimum absolute atomic E-state index is 0.284. The van der Waals surface area contributed by atoms with Crippen LogP contribution >= 0.6 is 12.2 Å². The lowest BCUT2D eigenvalue weighted by atomic mass is 10.2. The van der Waals surface area contributed by atoms with Gasteiger partial charge in [0.15, 0.2) is 5.11 Å². The summed E-state index contributed by atoms with van der Waals surface area (Å²) in [5, 5.41) is 6.28. The Morgan fingerprint density at radius 3 is 2.78 bits per heavy atom. The highest BCUT2D eigenvalue weighted by molar-refractivity contribution is 7.80. The molecule has 1 heterocycles. The number of nitrogens with zero attached hydrogens (tertiary/aromatic N) is 1. The van der Waals surface area contributed by atoms with Gasteiger partial charge in [-0.1, -0.05) is 0 Å². The maximum Gasteiger partial charge on any atom is 0.170 e. The standard InChI is InChI=1S/C12H16FN3OS/c1-14-12(18)15-10-8-9(13)2-3-11(10)16-4-6-17-7-5-16/h2-3,8H,4-7H2,1H3,(H2,14,15,18). The first kappa shape index (κ1) is 13.0. The summed E-state index contributed by atoms with van der Waals surface area (Å²) in [6.07, 6.45) is 0. The topological polar surface area (TPSA) is 36.5 Å². The maximum atomic E-state index is 13.3. The summed E-state index contributed by atoms with van der Waals surface area (Å²) in [7, 11) is 1.73. The summed E-state index contributed by atoms with van der Waals surface area (Å²) in [6.45, 7) is 2.97. The van der Waals surface area contributed by atoms with E-state index in [1.165, 1.54) is 12.1 Å². The first-order valence-electron chi connectivity index (χ1n) is 5.81. The fraction of sp³-hybridized carbons (Fsp3) is 0.417. The van der Waals surface area contributed by atoms with Crippen molar-refractivity contribution in [3.8, 4) is 0 Å². The number of ether oxygens (including phenoxy) is 1. The second-order valence-electron chi connectivity index (χ2n) is 3.97. The number of halogens is 1. The molecule has 98 valence electrons. The molecule has 0 aromatic heterocycles. The average molecular weight is 269 g/mol. The Bertz CT molecular complexity index is 435. The quantitative estimate of drug-likeness (QED) is 0.797. The Balaban J connectivity index is 2.24. The highest BCUT2D eigenvalue weighted by Gasteiger charge is 2.15. The fourth-order valence-corrected chi connectivity index (χ4v) is 1.98. The lowest BCUT2D eigenvalue weighted by molar-refractivity contribution is 0.123. The third kappa shape index (κ3) is 3.08. The van der Waals surface area contributed by atoms with Gasteiger partial charge in [-0.05, 0) is 30.4 Å². The molecule has 4 nitrogen and oxygen atoms in total. The number of rotatable bonds is 2. The normalized spacial score (nSPS) is 15.3. The van der Waals surface area contributed by atoms with Crippen LogP contribution in [0.4, 0.5) is 15.8 Å². The fourth-order valence-electron chi connectivity index (χ4n) is 1.87. The molecule has 18 heavy (non-hydrogen) atoms. The number of nitrogens with one attached hydrogen (secondary N) is 2. The van der Waals surface area contributed by atoms with Crippen LogP contribution in [-0.4, -0.2) is 38.5 Å². The Morgan fingerprint density at radius 2 is 2.11 bits per heavy atom. The van der Waals surface area contributed by atoms with Crippen molar-refractivity contribution in [3.63, 3.8) is 0 Å². The molecule has 1 fully saturated rings. The van der Waals surface area contributed by atoms with E-state index in [1.54, 1.807) is 13.1 Å². The largest absolute Gasteiger partial charge is 0.378 e. The molecule has 0 atom stereocenters. The molecule has 1 aliphatic rings. The van der Waals surface area contributed by atoms with E-state index in [4.69, 9.17) is 17.0 Å². The van der Waals surface area contributed by atoms with Crippen LogP contribution in [0.1, 0.15) is 0 Å². The monoisotopic (exact) mass is 269 g/mol.